The van der Waals surface area contributed by atoms with Crippen molar-refractivity contribution in [2.45, 2.75) is 53.4 Å². The first-order valence-electron chi connectivity index (χ1n) is 6.13. The standard InChI is InChI=1S/C12H26O2S/c1-5-7-8-12(11(3)4)10-15(13,14)9-6-2/h11-12H,5-10H2,1-4H3. The van der Waals surface area contributed by atoms with E-state index in [1.807, 2.05) is 6.92 Å². The maximum atomic E-state index is 11.7. The van der Waals surface area contributed by atoms with Gasteiger partial charge in [-0.15, -0.1) is 0 Å². The Bertz CT molecular complexity index is 242. The smallest absolute Gasteiger partial charge is 0.150 e. The van der Waals surface area contributed by atoms with Crippen molar-refractivity contribution in [1.29, 1.82) is 0 Å². The van der Waals surface area contributed by atoms with Crippen LogP contribution in [0.1, 0.15) is 53.4 Å². The Balaban J connectivity index is 4.27. The molecule has 15 heavy (non-hydrogen) atoms. The van der Waals surface area contributed by atoms with E-state index in [9.17, 15) is 8.42 Å². The molecule has 0 rings (SSSR count). The van der Waals surface area contributed by atoms with Crippen LogP contribution in [0.15, 0.2) is 0 Å². The van der Waals surface area contributed by atoms with Gasteiger partial charge in [0.15, 0.2) is 9.84 Å². The first-order valence-corrected chi connectivity index (χ1v) is 7.95. The Kier molecular flexibility index (Phi) is 7.24. The van der Waals surface area contributed by atoms with Crippen LogP contribution in [-0.4, -0.2) is 19.9 Å². The van der Waals surface area contributed by atoms with E-state index in [1.54, 1.807) is 0 Å². The molecule has 0 saturated heterocycles. The second-order valence-corrected chi connectivity index (χ2v) is 6.99. The fourth-order valence-electron chi connectivity index (χ4n) is 1.80. The molecule has 0 aromatic carbocycles. The summed E-state index contributed by atoms with van der Waals surface area (Å²) >= 11 is 0. The minimum atomic E-state index is -2.81. The van der Waals surface area contributed by atoms with Crippen LogP contribution in [0, 0.1) is 11.8 Å². The molecule has 3 heteroatoms. The van der Waals surface area contributed by atoms with Gasteiger partial charge in [0.05, 0.1) is 5.75 Å². The molecule has 0 aromatic heterocycles. The maximum absolute atomic E-state index is 11.7. The van der Waals surface area contributed by atoms with Gasteiger partial charge in [-0.3, -0.25) is 0 Å². The molecule has 0 aromatic rings. The largest absolute Gasteiger partial charge is 0.229 e. The molecule has 0 spiro atoms. The quantitative estimate of drug-likeness (QED) is 0.646. The molecular weight excluding hydrogens is 208 g/mol. The van der Waals surface area contributed by atoms with Crippen molar-refractivity contribution in [3.05, 3.63) is 0 Å². The van der Waals surface area contributed by atoms with Crippen LogP contribution in [0.25, 0.3) is 0 Å². The molecule has 0 amide bonds. The zero-order valence-electron chi connectivity index (χ0n) is 10.6. The van der Waals surface area contributed by atoms with Gasteiger partial charge in [0.2, 0.25) is 0 Å². The fourth-order valence-corrected chi connectivity index (χ4v) is 3.79. The predicted molar refractivity (Wildman–Crippen MR) is 66.8 cm³/mol. The highest BCUT2D eigenvalue weighted by molar-refractivity contribution is 7.91. The molecule has 0 radical (unpaired) electrons. The topological polar surface area (TPSA) is 34.1 Å². The summed E-state index contributed by atoms with van der Waals surface area (Å²) in [5, 5.41) is 0. The lowest BCUT2D eigenvalue weighted by Crippen LogP contribution is -2.22. The number of sulfone groups is 1. The fraction of sp³-hybridized carbons (Fsp3) is 1.00. The lowest BCUT2D eigenvalue weighted by Gasteiger charge is -2.20. The molecule has 0 aliphatic rings. The molecule has 0 N–H and O–H groups in total. The molecule has 92 valence electrons. The lowest BCUT2D eigenvalue weighted by molar-refractivity contribution is 0.380. The average Bonchev–Trinajstić information content (AvgIpc) is 2.11. The van der Waals surface area contributed by atoms with E-state index in [2.05, 4.69) is 20.8 Å². The van der Waals surface area contributed by atoms with E-state index >= 15 is 0 Å². The summed E-state index contributed by atoms with van der Waals surface area (Å²) in [6.07, 6.45) is 4.08. The molecule has 0 aliphatic carbocycles. The van der Waals surface area contributed by atoms with Crippen molar-refractivity contribution in [3.63, 3.8) is 0 Å². The SMILES string of the molecule is CCCCC(CS(=O)(=O)CCC)C(C)C. The Hall–Kier alpha value is -0.0500. The summed E-state index contributed by atoms with van der Waals surface area (Å²) in [6, 6.07) is 0. The van der Waals surface area contributed by atoms with Crippen LogP contribution in [0.5, 0.6) is 0 Å². The number of rotatable bonds is 8. The van der Waals surface area contributed by atoms with Crippen molar-refractivity contribution in [1.82, 2.24) is 0 Å². The van der Waals surface area contributed by atoms with Crippen LogP contribution >= 0.6 is 0 Å². The second kappa shape index (κ2) is 7.26. The zero-order chi connectivity index (χ0) is 11.9. The zero-order valence-corrected chi connectivity index (χ0v) is 11.4. The van der Waals surface area contributed by atoms with E-state index in [0.717, 1.165) is 25.7 Å². The van der Waals surface area contributed by atoms with Gasteiger partial charge in [-0.1, -0.05) is 40.5 Å². The van der Waals surface area contributed by atoms with Gasteiger partial charge < -0.3 is 0 Å². The average molecular weight is 234 g/mol. The minimum Gasteiger partial charge on any atom is -0.229 e. The van der Waals surface area contributed by atoms with Crippen LogP contribution in [0.4, 0.5) is 0 Å². The summed E-state index contributed by atoms with van der Waals surface area (Å²) in [4.78, 5) is 0. The van der Waals surface area contributed by atoms with E-state index in [0.29, 0.717) is 23.3 Å². The molecule has 0 aliphatic heterocycles. The van der Waals surface area contributed by atoms with Crippen molar-refractivity contribution in [2.75, 3.05) is 11.5 Å². The van der Waals surface area contributed by atoms with Gasteiger partial charge in [0.1, 0.15) is 0 Å². The van der Waals surface area contributed by atoms with Crippen LogP contribution in [-0.2, 0) is 9.84 Å². The van der Waals surface area contributed by atoms with Gasteiger partial charge in [-0.2, -0.15) is 0 Å². The molecule has 0 bridgehead atoms. The molecule has 1 unspecified atom stereocenters. The predicted octanol–water partition coefficient (Wildman–Crippen LogP) is 3.27. The Morgan fingerprint density at radius 2 is 1.67 bits per heavy atom. The molecular formula is C12H26O2S. The normalized spacial score (nSPS) is 14.5. The summed E-state index contributed by atoms with van der Waals surface area (Å²) in [7, 11) is -2.81. The summed E-state index contributed by atoms with van der Waals surface area (Å²) < 4.78 is 23.4. The van der Waals surface area contributed by atoms with Crippen molar-refractivity contribution >= 4 is 9.84 Å². The molecule has 2 nitrogen and oxygen atoms in total. The summed E-state index contributed by atoms with van der Waals surface area (Å²) in [5.41, 5.74) is 0. The number of unbranched alkanes of at least 4 members (excludes halogenated alkanes) is 1. The van der Waals surface area contributed by atoms with Crippen LogP contribution in [0.3, 0.4) is 0 Å². The Labute approximate surface area is 95.4 Å². The van der Waals surface area contributed by atoms with Crippen LogP contribution < -0.4 is 0 Å². The van der Waals surface area contributed by atoms with E-state index < -0.39 is 9.84 Å². The van der Waals surface area contributed by atoms with Gasteiger partial charge in [0, 0.05) is 5.75 Å². The Morgan fingerprint density at radius 1 is 1.07 bits per heavy atom. The molecule has 0 fully saturated rings. The molecule has 0 saturated carbocycles. The first kappa shape index (κ1) is 14.9. The van der Waals surface area contributed by atoms with E-state index in [4.69, 9.17) is 0 Å². The van der Waals surface area contributed by atoms with Gasteiger partial charge in [-0.05, 0) is 24.7 Å². The maximum Gasteiger partial charge on any atom is 0.150 e. The van der Waals surface area contributed by atoms with E-state index in [-0.39, 0.29) is 0 Å². The third kappa shape index (κ3) is 6.93. The monoisotopic (exact) mass is 234 g/mol. The molecule has 0 heterocycles. The highest BCUT2D eigenvalue weighted by atomic mass is 32.2. The highest BCUT2D eigenvalue weighted by Crippen LogP contribution is 2.20. The third-order valence-corrected chi connectivity index (χ3v) is 4.82. The van der Waals surface area contributed by atoms with Crippen molar-refractivity contribution in [3.8, 4) is 0 Å². The Morgan fingerprint density at radius 3 is 2.07 bits per heavy atom. The molecule has 1 atom stereocenters. The number of hydrogen-bond donors (Lipinski definition) is 0. The van der Waals surface area contributed by atoms with Crippen molar-refractivity contribution < 1.29 is 8.42 Å². The summed E-state index contributed by atoms with van der Waals surface area (Å²) in [6.45, 7) is 8.33. The van der Waals surface area contributed by atoms with Crippen molar-refractivity contribution in [2.24, 2.45) is 11.8 Å². The first-order chi connectivity index (χ1) is 6.93. The van der Waals surface area contributed by atoms with Gasteiger partial charge >= 0.3 is 0 Å². The lowest BCUT2D eigenvalue weighted by atomic mass is 9.92. The van der Waals surface area contributed by atoms with E-state index in [1.165, 1.54) is 0 Å². The minimum absolute atomic E-state index is 0.349. The summed E-state index contributed by atoms with van der Waals surface area (Å²) in [5.74, 6) is 1.56. The number of hydrogen-bond acceptors (Lipinski definition) is 2. The second-order valence-electron chi connectivity index (χ2n) is 4.76. The van der Waals surface area contributed by atoms with Gasteiger partial charge in [0.25, 0.3) is 0 Å². The van der Waals surface area contributed by atoms with Gasteiger partial charge in [-0.25, -0.2) is 8.42 Å². The third-order valence-electron chi connectivity index (χ3n) is 2.85. The highest BCUT2D eigenvalue weighted by Gasteiger charge is 2.20. The van der Waals surface area contributed by atoms with Crippen LogP contribution in [0.2, 0.25) is 0 Å².